The first-order valence-corrected chi connectivity index (χ1v) is 2.34. The highest BCUT2D eigenvalue weighted by Crippen LogP contribution is 2.16. The van der Waals surface area contributed by atoms with E-state index in [1.807, 2.05) is 5.92 Å². The summed E-state index contributed by atoms with van der Waals surface area (Å²) in [4.78, 5) is 0. The van der Waals surface area contributed by atoms with Crippen molar-refractivity contribution < 1.29 is 5.11 Å². The topological polar surface area (TPSA) is 20.2 Å². The van der Waals surface area contributed by atoms with Crippen LogP contribution in [0.4, 0.5) is 0 Å². The zero-order valence-electron chi connectivity index (χ0n) is 3.49. The molecule has 0 rings (SSSR count). The van der Waals surface area contributed by atoms with Gasteiger partial charge in [-0.1, -0.05) is 29.1 Å². The summed E-state index contributed by atoms with van der Waals surface area (Å²) in [6.45, 7) is -0.410. The highest BCUT2D eigenvalue weighted by atomic mass is 35.5. The molecule has 0 aromatic rings. The molecule has 1 N–H and O–H groups in total. The predicted molar refractivity (Wildman–Crippen MR) is 30.4 cm³/mol. The van der Waals surface area contributed by atoms with Crippen molar-refractivity contribution in [3.05, 3.63) is 0 Å². The van der Waals surface area contributed by atoms with Gasteiger partial charge in [-0.05, 0) is 0 Å². The minimum absolute atomic E-state index is 0.410. The molecule has 3 heteroatoms. The van der Waals surface area contributed by atoms with Crippen molar-refractivity contribution in [2.45, 2.75) is 4.33 Å². The molecule has 0 amide bonds. The van der Waals surface area contributed by atoms with Gasteiger partial charge in [0, 0.05) is 0 Å². The van der Waals surface area contributed by atoms with Crippen molar-refractivity contribution in [1.82, 2.24) is 0 Å². The van der Waals surface area contributed by atoms with Crippen LogP contribution in [0.3, 0.4) is 0 Å². The van der Waals surface area contributed by atoms with Crippen LogP contribution in [-0.2, 0) is 0 Å². The van der Waals surface area contributed by atoms with Gasteiger partial charge in [-0.15, -0.1) is 6.42 Å². The fraction of sp³-hybridized carbons (Fsp3) is 0.500. The molecular weight excluding hydrogens is 135 g/mol. The normalized spacial score (nSPS) is 10.6. The van der Waals surface area contributed by atoms with Gasteiger partial charge in [-0.25, -0.2) is 0 Å². The molecule has 0 aromatic carbocycles. The fourth-order valence-corrected chi connectivity index (χ4v) is 0.0456. The summed E-state index contributed by atoms with van der Waals surface area (Å²) in [7, 11) is 0. The van der Waals surface area contributed by atoms with E-state index in [1.54, 1.807) is 0 Å². The van der Waals surface area contributed by atoms with Crippen LogP contribution in [0.5, 0.6) is 0 Å². The Kier molecular flexibility index (Phi) is 2.45. The molecular formula is C4H4Cl2O. The minimum atomic E-state index is -1.39. The van der Waals surface area contributed by atoms with Gasteiger partial charge in [0.2, 0.25) is 0 Å². The van der Waals surface area contributed by atoms with Crippen LogP contribution in [0.15, 0.2) is 0 Å². The molecule has 0 aromatic heterocycles. The van der Waals surface area contributed by atoms with Crippen LogP contribution < -0.4 is 0 Å². The van der Waals surface area contributed by atoms with E-state index in [0.717, 1.165) is 0 Å². The predicted octanol–water partition coefficient (Wildman–Crippen LogP) is 0.786. The van der Waals surface area contributed by atoms with E-state index >= 15 is 0 Å². The average Bonchev–Trinajstić information content (AvgIpc) is 1.68. The highest BCUT2D eigenvalue weighted by Gasteiger charge is 2.17. The summed E-state index contributed by atoms with van der Waals surface area (Å²) < 4.78 is -1.39. The van der Waals surface area contributed by atoms with Gasteiger partial charge in [0.15, 0.2) is 4.33 Å². The Morgan fingerprint density at radius 2 is 2.14 bits per heavy atom. The van der Waals surface area contributed by atoms with Crippen molar-refractivity contribution in [2.24, 2.45) is 0 Å². The van der Waals surface area contributed by atoms with Crippen molar-refractivity contribution in [1.29, 1.82) is 0 Å². The second kappa shape index (κ2) is 2.42. The van der Waals surface area contributed by atoms with E-state index in [1.165, 1.54) is 0 Å². The zero-order valence-corrected chi connectivity index (χ0v) is 5.00. The summed E-state index contributed by atoms with van der Waals surface area (Å²) in [5.74, 6) is 1.97. The number of rotatable bonds is 1. The standard InChI is InChI=1S/C4H4Cl2O/c1-2-4(5,6)3-7/h1,7H,3H2. The van der Waals surface area contributed by atoms with Gasteiger partial charge >= 0.3 is 0 Å². The first-order valence-electron chi connectivity index (χ1n) is 1.59. The molecule has 0 heterocycles. The van der Waals surface area contributed by atoms with Gasteiger partial charge < -0.3 is 5.11 Å². The van der Waals surface area contributed by atoms with Gasteiger partial charge in [0.05, 0.1) is 6.61 Å². The molecule has 0 unspecified atom stereocenters. The molecule has 0 aliphatic rings. The lowest BCUT2D eigenvalue weighted by atomic mass is 10.5. The van der Waals surface area contributed by atoms with Crippen molar-refractivity contribution >= 4 is 23.2 Å². The molecule has 7 heavy (non-hydrogen) atoms. The molecule has 0 saturated carbocycles. The van der Waals surface area contributed by atoms with Crippen LogP contribution in [0.2, 0.25) is 0 Å². The second-order valence-corrected chi connectivity index (χ2v) is 2.49. The minimum Gasteiger partial charge on any atom is -0.392 e. The quantitative estimate of drug-likeness (QED) is 0.420. The molecule has 0 radical (unpaired) electrons. The number of alkyl halides is 2. The zero-order chi connectivity index (χ0) is 5.91. The number of hydrogen-bond acceptors (Lipinski definition) is 1. The van der Waals surface area contributed by atoms with E-state index < -0.39 is 10.9 Å². The average molecular weight is 139 g/mol. The lowest BCUT2D eigenvalue weighted by Gasteiger charge is -2.04. The van der Waals surface area contributed by atoms with E-state index in [9.17, 15) is 0 Å². The van der Waals surface area contributed by atoms with Crippen LogP contribution in [-0.4, -0.2) is 16.0 Å². The third-order valence-corrected chi connectivity index (χ3v) is 0.867. The molecule has 40 valence electrons. The van der Waals surface area contributed by atoms with Crippen molar-refractivity contribution in [3.8, 4) is 12.3 Å². The molecule has 0 aliphatic heterocycles. The first-order chi connectivity index (χ1) is 3.12. The molecule has 0 spiro atoms. The Labute approximate surface area is 52.2 Å². The number of halogens is 2. The largest absolute Gasteiger partial charge is 0.392 e. The molecule has 0 aliphatic carbocycles. The Hall–Kier alpha value is 0.1000. The lowest BCUT2D eigenvalue weighted by molar-refractivity contribution is 0.297. The maximum Gasteiger partial charge on any atom is 0.200 e. The Morgan fingerprint density at radius 3 is 2.14 bits per heavy atom. The smallest absolute Gasteiger partial charge is 0.200 e. The van der Waals surface area contributed by atoms with Crippen molar-refractivity contribution in [3.63, 3.8) is 0 Å². The molecule has 0 bridgehead atoms. The Balaban J connectivity index is 3.66. The third-order valence-electron chi connectivity index (χ3n) is 0.410. The molecule has 0 saturated heterocycles. The fourth-order valence-electron chi connectivity index (χ4n) is 0.0456. The van der Waals surface area contributed by atoms with Crippen LogP contribution in [0, 0.1) is 12.3 Å². The van der Waals surface area contributed by atoms with E-state index in [0.29, 0.717) is 0 Å². The van der Waals surface area contributed by atoms with Gasteiger partial charge in [0.25, 0.3) is 0 Å². The van der Waals surface area contributed by atoms with Gasteiger partial charge in [-0.3, -0.25) is 0 Å². The first kappa shape index (κ1) is 7.10. The SMILES string of the molecule is C#CC(Cl)(Cl)CO. The molecule has 1 nitrogen and oxygen atoms in total. The molecule has 0 fully saturated rings. The number of hydrogen-bond donors (Lipinski definition) is 1. The summed E-state index contributed by atoms with van der Waals surface area (Å²) in [5, 5.41) is 8.19. The van der Waals surface area contributed by atoms with Crippen LogP contribution in [0.25, 0.3) is 0 Å². The monoisotopic (exact) mass is 138 g/mol. The van der Waals surface area contributed by atoms with Crippen LogP contribution >= 0.6 is 23.2 Å². The number of aliphatic hydroxyl groups is 1. The van der Waals surface area contributed by atoms with Gasteiger partial charge in [-0.2, -0.15) is 0 Å². The van der Waals surface area contributed by atoms with E-state index in [4.69, 9.17) is 34.7 Å². The van der Waals surface area contributed by atoms with E-state index in [2.05, 4.69) is 0 Å². The summed E-state index contributed by atoms with van der Waals surface area (Å²) in [6, 6.07) is 0. The van der Waals surface area contributed by atoms with E-state index in [-0.39, 0.29) is 0 Å². The second-order valence-electron chi connectivity index (χ2n) is 1.01. The number of aliphatic hydroxyl groups excluding tert-OH is 1. The maximum atomic E-state index is 8.19. The van der Waals surface area contributed by atoms with Crippen molar-refractivity contribution in [2.75, 3.05) is 6.61 Å². The summed E-state index contributed by atoms with van der Waals surface area (Å²) in [6.07, 6.45) is 4.74. The third kappa shape index (κ3) is 2.76. The molecule has 0 atom stereocenters. The Morgan fingerprint density at radius 1 is 1.71 bits per heavy atom. The Bertz CT molecular complexity index is 92.4. The van der Waals surface area contributed by atoms with Gasteiger partial charge in [0.1, 0.15) is 0 Å². The van der Waals surface area contributed by atoms with Crippen LogP contribution in [0.1, 0.15) is 0 Å². The summed E-state index contributed by atoms with van der Waals surface area (Å²) >= 11 is 10.4. The highest BCUT2D eigenvalue weighted by molar-refractivity contribution is 6.50. The maximum absolute atomic E-state index is 8.19. The number of terminal acetylenes is 1. The lowest BCUT2D eigenvalue weighted by Crippen LogP contribution is -2.14. The summed E-state index contributed by atoms with van der Waals surface area (Å²) in [5.41, 5.74) is 0.